The van der Waals surface area contributed by atoms with Gasteiger partial charge in [0.2, 0.25) is 0 Å². The molecule has 2 aromatic rings. The van der Waals surface area contributed by atoms with Crippen molar-refractivity contribution in [3.8, 4) is 0 Å². The van der Waals surface area contributed by atoms with Crippen LogP contribution in [0.5, 0.6) is 0 Å². The summed E-state index contributed by atoms with van der Waals surface area (Å²) in [6.45, 7) is 4.64. The zero-order valence-corrected chi connectivity index (χ0v) is 16.3. The Hall–Kier alpha value is -2.06. The van der Waals surface area contributed by atoms with Crippen molar-refractivity contribution in [2.45, 2.75) is 43.9 Å². The van der Waals surface area contributed by atoms with Gasteiger partial charge in [0, 0.05) is 0 Å². The van der Waals surface area contributed by atoms with Crippen LogP contribution in [0.2, 0.25) is 0 Å². The van der Waals surface area contributed by atoms with Crippen molar-refractivity contribution >= 4 is 0 Å². The average molecular weight is 400 g/mol. The van der Waals surface area contributed by atoms with E-state index in [2.05, 4.69) is 6.58 Å². The molecule has 5 atom stereocenters. The van der Waals surface area contributed by atoms with Crippen molar-refractivity contribution in [1.29, 1.82) is 0 Å². The fourth-order valence-electron chi connectivity index (χ4n) is 3.15. The Balaban J connectivity index is 1.59. The van der Waals surface area contributed by atoms with E-state index >= 15 is 0 Å². The Morgan fingerprint density at radius 2 is 1.48 bits per heavy atom. The van der Waals surface area contributed by atoms with Crippen LogP contribution < -0.4 is 0 Å². The molecule has 0 bridgehead atoms. The topological polar surface area (TPSA) is 77.4 Å². The molecule has 2 aromatic carbocycles. The standard InChI is InChI=1S/C23H28O6/c1-2-13-27-23-22(28-15-18-11-7-4-8-12-18)21(25)20(24)19(29-23)16-26-14-17-9-5-3-6-10-17/h2-12,19-25H,1,13-16H2/t19-,20-,21+,22-,23-/m1/s1. The van der Waals surface area contributed by atoms with Crippen LogP contribution in [0.25, 0.3) is 0 Å². The van der Waals surface area contributed by atoms with Crippen LogP contribution in [0, 0.1) is 0 Å². The first-order valence-corrected chi connectivity index (χ1v) is 9.70. The summed E-state index contributed by atoms with van der Waals surface area (Å²) in [5, 5.41) is 21.2. The number of ether oxygens (including phenoxy) is 4. The summed E-state index contributed by atoms with van der Waals surface area (Å²) in [5.74, 6) is 0. The predicted octanol–water partition coefficient (Wildman–Crippen LogP) is 2.44. The highest BCUT2D eigenvalue weighted by atomic mass is 16.7. The van der Waals surface area contributed by atoms with Gasteiger partial charge in [-0.2, -0.15) is 0 Å². The van der Waals surface area contributed by atoms with Gasteiger partial charge in [-0.15, -0.1) is 6.58 Å². The maximum Gasteiger partial charge on any atom is 0.187 e. The highest BCUT2D eigenvalue weighted by molar-refractivity contribution is 5.14. The van der Waals surface area contributed by atoms with Crippen molar-refractivity contribution in [2.24, 2.45) is 0 Å². The second-order valence-electron chi connectivity index (χ2n) is 6.91. The predicted molar refractivity (Wildman–Crippen MR) is 108 cm³/mol. The van der Waals surface area contributed by atoms with Crippen LogP contribution in [-0.4, -0.2) is 54.1 Å². The van der Waals surface area contributed by atoms with Gasteiger partial charge >= 0.3 is 0 Å². The summed E-state index contributed by atoms with van der Waals surface area (Å²) in [4.78, 5) is 0. The minimum absolute atomic E-state index is 0.118. The molecule has 1 aliphatic heterocycles. The largest absolute Gasteiger partial charge is 0.387 e. The Kier molecular flexibility index (Phi) is 8.37. The molecule has 3 rings (SSSR count). The SMILES string of the molecule is C=CCO[C@@H]1O[C@H](COCc2ccccc2)[C@@H](O)[C@H](O)[C@H]1OCc1ccccc1. The molecular formula is C23H28O6. The highest BCUT2D eigenvalue weighted by Gasteiger charge is 2.45. The Labute approximate surface area is 171 Å². The fourth-order valence-corrected chi connectivity index (χ4v) is 3.15. The molecule has 0 radical (unpaired) electrons. The van der Waals surface area contributed by atoms with Crippen LogP contribution in [0.1, 0.15) is 11.1 Å². The summed E-state index contributed by atoms with van der Waals surface area (Å²) >= 11 is 0. The molecule has 6 heteroatoms. The first-order valence-electron chi connectivity index (χ1n) is 9.70. The lowest BCUT2D eigenvalue weighted by Gasteiger charge is -2.42. The third kappa shape index (κ3) is 6.21. The Morgan fingerprint density at radius 1 is 0.862 bits per heavy atom. The molecule has 0 amide bonds. The van der Waals surface area contributed by atoms with Crippen molar-refractivity contribution in [1.82, 2.24) is 0 Å². The second-order valence-corrected chi connectivity index (χ2v) is 6.91. The lowest BCUT2D eigenvalue weighted by atomic mass is 9.99. The normalized spacial score (nSPS) is 26.9. The molecule has 6 nitrogen and oxygen atoms in total. The molecule has 29 heavy (non-hydrogen) atoms. The van der Waals surface area contributed by atoms with Crippen molar-refractivity contribution < 1.29 is 29.2 Å². The van der Waals surface area contributed by atoms with Gasteiger partial charge in [-0.05, 0) is 11.1 Å². The first-order chi connectivity index (χ1) is 14.2. The zero-order valence-electron chi connectivity index (χ0n) is 16.3. The highest BCUT2D eigenvalue weighted by Crippen LogP contribution is 2.26. The molecule has 0 aromatic heterocycles. The fraction of sp³-hybridized carbons (Fsp3) is 0.391. The summed E-state index contributed by atoms with van der Waals surface area (Å²) in [6, 6.07) is 19.3. The van der Waals surface area contributed by atoms with E-state index in [0.717, 1.165) is 11.1 Å². The quantitative estimate of drug-likeness (QED) is 0.597. The van der Waals surface area contributed by atoms with Gasteiger partial charge in [0.05, 0.1) is 26.4 Å². The third-order valence-corrected chi connectivity index (χ3v) is 4.70. The lowest BCUT2D eigenvalue weighted by molar-refractivity contribution is -0.311. The molecule has 0 aliphatic carbocycles. The molecular weight excluding hydrogens is 372 g/mol. The lowest BCUT2D eigenvalue weighted by Crippen LogP contribution is -2.60. The maximum absolute atomic E-state index is 10.7. The van der Waals surface area contributed by atoms with Crippen molar-refractivity contribution in [2.75, 3.05) is 13.2 Å². The van der Waals surface area contributed by atoms with Gasteiger partial charge in [0.25, 0.3) is 0 Å². The number of rotatable bonds is 10. The van der Waals surface area contributed by atoms with E-state index in [1.54, 1.807) is 6.08 Å². The summed E-state index contributed by atoms with van der Waals surface area (Å²) in [5.41, 5.74) is 1.96. The number of hydrogen-bond acceptors (Lipinski definition) is 6. The molecule has 1 fully saturated rings. The Morgan fingerprint density at radius 3 is 2.10 bits per heavy atom. The average Bonchev–Trinajstić information content (AvgIpc) is 2.76. The van der Waals surface area contributed by atoms with E-state index in [-0.39, 0.29) is 19.8 Å². The number of aliphatic hydroxyl groups excluding tert-OH is 2. The summed E-state index contributed by atoms with van der Waals surface area (Å²) in [6.07, 6.45) is -3.16. The van der Waals surface area contributed by atoms with E-state index in [9.17, 15) is 10.2 Å². The van der Waals surface area contributed by atoms with Crippen molar-refractivity contribution in [3.05, 3.63) is 84.4 Å². The minimum atomic E-state index is -1.17. The van der Waals surface area contributed by atoms with E-state index < -0.39 is 30.7 Å². The molecule has 156 valence electrons. The zero-order chi connectivity index (χ0) is 20.5. The monoisotopic (exact) mass is 400 g/mol. The van der Waals surface area contributed by atoms with Gasteiger partial charge in [-0.3, -0.25) is 0 Å². The van der Waals surface area contributed by atoms with Gasteiger partial charge in [0.1, 0.15) is 24.4 Å². The van der Waals surface area contributed by atoms with Gasteiger partial charge in [0.15, 0.2) is 6.29 Å². The molecule has 0 spiro atoms. The second kappa shape index (κ2) is 11.2. The van der Waals surface area contributed by atoms with Gasteiger partial charge in [-0.1, -0.05) is 66.7 Å². The molecule has 0 unspecified atom stereocenters. The van der Waals surface area contributed by atoms with Gasteiger partial charge < -0.3 is 29.2 Å². The smallest absolute Gasteiger partial charge is 0.187 e. The van der Waals surface area contributed by atoms with Crippen LogP contribution in [0.15, 0.2) is 73.3 Å². The molecule has 1 heterocycles. The number of benzene rings is 2. The van der Waals surface area contributed by atoms with Crippen molar-refractivity contribution in [3.63, 3.8) is 0 Å². The van der Waals surface area contributed by atoms with Gasteiger partial charge in [-0.25, -0.2) is 0 Å². The number of hydrogen-bond donors (Lipinski definition) is 2. The van der Waals surface area contributed by atoms with Crippen LogP contribution in [0.4, 0.5) is 0 Å². The molecule has 0 saturated carbocycles. The Bertz CT molecular complexity index is 721. The maximum atomic E-state index is 10.7. The first kappa shape index (κ1) is 21.6. The van der Waals surface area contributed by atoms with Crippen LogP contribution >= 0.6 is 0 Å². The molecule has 2 N–H and O–H groups in total. The minimum Gasteiger partial charge on any atom is -0.387 e. The van der Waals surface area contributed by atoms with Crippen LogP contribution in [0.3, 0.4) is 0 Å². The van der Waals surface area contributed by atoms with E-state index in [1.165, 1.54) is 0 Å². The van der Waals surface area contributed by atoms with Crippen LogP contribution in [-0.2, 0) is 32.2 Å². The summed E-state index contributed by atoms with van der Waals surface area (Å²) < 4.78 is 23.1. The third-order valence-electron chi connectivity index (χ3n) is 4.70. The van der Waals surface area contributed by atoms with E-state index in [0.29, 0.717) is 6.61 Å². The molecule has 1 aliphatic rings. The molecule has 1 saturated heterocycles. The van der Waals surface area contributed by atoms with E-state index in [4.69, 9.17) is 18.9 Å². The number of aliphatic hydroxyl groups is 2. The van der Waals surface area contributed by atoms with E-state index in [1.807, 2.05) is 60.7 Å². The summed E-state index contributed by atoms with van der Waals surface area (Å²) in [7, 11) is 0.